The molecule has 0 saturated heterocycles. The lowest BCUT2D eigenvalue weighted by atomic mass is 9.77. The Kier molecular flexibility index (Phi) is 3.65. The fourth-order valence-electron chi connectivity index (χ4n) is 2.43. The molecule has 2 amide bonds. The van der Waals surface area contributed by atoms with Gasteiger partial charge in [-0.05, 0) is 6.07 Å². The van der Waals surface area contributed by atoms with Gasteiger partial charge in [-0.2, -0.15) is 0 Å². The van der Waals surface area contributed by atoms with Crippen LogP contribution in [0.3, 0.4) is 0 Å². The first-order valence-corrected chi connectivity index (χ1v) is 6.79. The van der Waals surface area contributed by atoms with Gasteiger partial charge in [-0.15, -0.1) is 0 Å². The van der Waals surface area contributed by atoms with Gasteiger partial charge in [-0.1, -0.05) is 32.4 Å². The predicted molar refractivity (Wildman–Crippen MR) is 78.3 cm³/mol. The summed E-state index contributed by atoms with van der Waals surface area (Å²) in [6, 6.07) is 1.45. The second-order valence-electron chi connectivity index (χ2n) is 5.52. The van der Waals surface area contributed by atoms with E-state index in [4.69, 9.17) is 11.6 Å². The molecule has 1 aromatic carbocycles. The summed E-state index contributed by atoms with van der Waals surface area (Å²) in [5.74, 6) is -0.403. The van der Waals surface area contributed by atoms with Crippen LogP contribution in [0, 0.1) is 0 Å². The van der Waals surface area contributed by atoms with Gasteiger partial charge < -0.3 is 15.7 Å². The highest BCUT2D eigenvalue weighted by Crippen LogP contribution is 2.49. The maximum absolute atomic E-state index is 11.7. The summed E-state index contributed by atoms with van der Waals surface area (Å²) in [5, 5.41) is 16.0. The van der Waals surface area contributed by atoms with Crippen molar-refractivity contribution in [2.24, 2.45) is 0 Å². The number of fused-ring (bicyclic) bond motifs is 1. The Morgan fingerprint density at radius 3 is 2.80 bits per heavy atom. The van der Waals surface area contributed by atoms with Crippen molar-refractivity contribution in [2.45, 2.75) is 39.0 Å². The molecular formula is C14H17ClN2O3. The molecule has 0 atom stereocenters. The van der Waals surface area contributed by atoms with Gasteiger partial charge in [0.15, 0.2) is 0 Å². The number of halogens is 1. The minimum Gasteiger partial charge on any atom is -0.505 e. The predicted octanol–water partition coefficient (Wildman–Crippen LogP) is 3.01. The van der Waals surface area contributed by atoms with Crippen molar-refractivity contribution in [2.75, 3.05) is 10.6 Å². The molecule has 0 unspecified atom stereocenters. The summed E-state index contributed by atoms with van der Waals surface area (Å²) < 4.78 is 0. The number of phenols is 1. The lowest BCUT2D eigenvalue weighted by Crippen LogP contribution is -2.33. The van der Waals surface area contributed by atoms with E-state index in [1.807, 2.05) is 13.8 Å². The monoisotopic (exact) mass is 296 g/mol. The van der Waals surface area contributed by atoms with E-state index in [0.717, 1.165) is 0 Å². The van der Waals surface area contributed by atoms with Crippen LogP contribution in [0.5, 0.6) is 5.75 Å². The average molecular weight is 297 g/mol. The second kappa shape index (κ2) is 4.98. The molecule has 1 heterocycles. The number of benzene rings is 1. The first-order chi connectivity index (χ1) is 9.26. The van der Waals surface area contributed by atoms with Crippen LogP contribution in [0.2, 0.25) is 5.02 Å². The number of hydrogen-bond donors (Lipinski definition) is 3. The zero-order valence-corrected chi connectivity index (χ0v) is 12.4. The number of phenolic OH excluding ortho intramolecular Hbond substituents is 1. The average Bonchev–Trinajstić information content (AvgIpc) is 2.33. The van der Waals surface area contributed by atoms with Crippen molar-refractivity contribution in [3.05, 3.63) is 16.7 Å². The summed E-state index contributed by atoms with van der Waals surface area (Å²) in [5.41, 5.74) is 0.680. The van der Waals surface area contributed by atoms with E-state index in [1.165, 1.54) is 6.07 Å². The van der Waals surface area contributed by atoms with Crippen LogP contribution in [0.25, 0.3) is 0 Å². The Balaban J connectivity index is 2.60. The van der Waals surface area contributed by atoms with Gasteiger partial charge in [-0.3, -0.25) is 9.59 Å². The smallest absolute Gasteiger partial charge is 0.225 e. The maximum Gasteiger partial charge on any atom is 0.225 e. The molecule has 1 aliphatic heterocycles. The molecule has 3 N–H and O–H groups in total. The van der Waals surface area contributed by atoms with Gasteiger partial charge in [-0.25, -0.2) is 0 Å². The van der Waals surface area contributed by atoms with E-state index in [9.17, 15) is 14.7 Å². The molecule has 1 aromatic rings. The summed E-state index contributed by atoms with van der Waals surface area (Å²) >= 11 is 6.16. The molecule has 1 aliphatic rings. The van der Waals surface area contributed by atoms with Crippen molar-refractivity contribution < 1.29 is 14.7 Å². The molecular weight excluding hydrogens is 280 g/mol. The molecule has 0 spiro atoms. The molecule has 2 rings (SSSR count). The van der Waals surface area contributed by atoms with Gasteiger partial charge in [0.2, 0.25) is 11.8 Å². The SMILES string of the molecule is CCC(=O)Nc1cc(Cl)c2c(c1O)C(C)(C)CC(=O)N2. The standard InChI is InChI=1S/C14H17ClN2O3/c1-4-9(18)16-8-5-7(15)12-11(13(8)20)14(2,3)6-10(19)17-12/h5,20H,4,6H2,1-3H3,(H,16,18)(H,17,19). The summed E-state index contributed by atoms with van der Waals surface area (Å²) in [6.07, 6.45) is 0.545. The van der Waals surface area contributed by atoms with Crippen molar-refractivity contribution in [3.8, 4) is 5.75 Å². The highest BCUT2D eigenvalue weighted by atomic mass is 35.5. The number of carbonyl (C=O) groups is 2. The molecule has 0 aliphatic carbocycles. The summed E-state index contributed by atoms with van der Waals surface area (Å²) in [4.78, 5) is 23.2. The topological polar surface area (TPSA) is 78.4 Å². The molecule has 0 fully saturated rings. The number of amides is 2. The molecule has 5 nitrogen and oxygen atoms in total. The molecule has 0 bridgehead atoms. The number of anilines is 2. The molecule has 6 heteroatoms. The third kappa shape index (κ3) is 2.45. The van der Waals surface area contributed by atoms with Crippen molar-refractivity contribution in [1.29, 1.82) is 0 Å². The van der Waals surface area contributed by atoms with Crippen LogP contribution in [-0.2, 0) is 15.0 Å². The van der Waals surface area contributed by atoms with Crippen molar-refractivity contribution in [3.63, 3.8) is 0 Å². The number of hydrogen-bond acceptors (Lipinski definition) is 3. The second-order valence-corrected chi connectivity index (χ2v) is 5.92. The van der Waals surface area contributed by atoms with Crippen LogP contribution in [-0.4, -0.2) is 16.9 Å². The zero-order chi connectivity index (χ0) is 15.1. The molecule has 108 valence electrons. The Morgan fingerprint density at radius 1 is 1.55 bits per heavy atom. The maximum atomic E-state index is 11.7. The Hall–Kier alpha value is -1.75. The Bertz CT molecular complexity index is 597. The number of aromatic hydroxyl groups is 1. The molecule has 0 aromatic heterocycles. The van der Waals surface area contributed by atoms with Crippen LogP contribution < -0.4 is 10.6 Å². The minimum atomic E-state index is -0.557. The number of rotatable bonds is 2. The first-order valence-electron chi connectivity index (χ1n) is 6.42. The largest absolute Gasteiger partial charge is 0.505 e. The van der Waals surface area contributed by atoms with Crippen molar-refractivity contribution >= 4 is 34.8 Å². The normalized spacial score (nSPS) is 16.3. The van der Waals surface area contributed by atoms with Crippen molar-refractivity contribution in [1.82, 2.24) is 0 Å². The third-order valence-corrected chi connectivity index (χ3v) is 3.69. The Labute approximate surface area is 122 Å². The van der Waals surface area contributed by atoms with Crippen LogP contribution in [0.4, 0.5) is 11.4 Å². The molecule has 0 radical (unpaired) electrons. The summed E-state index contributed by atoms with van der Waals surface area (Å²) in [6.45, 7) is 5.43. The van der Waals surface area contributed by atoms with Gasteiger partial charge in [0, 0.05) is 23.8 Å². The van der Waals surface area contributed by atoms with E-state index < -0.39 is 5.41 Å². The van der Waals surface area contributed by atoms with Gasteiger partial charge in [0.1, 0.15) is 5.75 Å². The zero-order valence-electron chi connectivity index (χ0n) is 11.6. The fourth-order valence-corrected chi connectivity index (χ4v) is 2.68. The van der Waals surface area contributed by atoms with E-state index in [0.29, 0.717) is 22.7 Å². The minimum absolute atomic E-state index is 0.0452. The summed E-state index contributed by atoms with van der Waals surface area (Å²) in [7, 11) is 0. The quantitative estimate of drug-likeness (QED) is 0.734. The van der Waals surface area contributed by atoms with E-state index in [1.54, 1.807) is 6.92 Å². The van der Waals surface area contributed by atoms with Crippen LogP contribution >= 0.6 is 11.6 Å². The third-order valence-electron chi connectivity index (χ3n) is 3.39. The number of carbonyl (C=O) groups excluding carboxylic acids is 2. The molecule has 0 saturated carbocycles. The van der Waals surface area contributed by atoms with Crippen LogP contribution in [0.15, 0.2) is 6.07 Å². The van der Waals surface area contributed by atoms with Gasteiger partial charge in [0.05, 0.1) is 16.4 Å². The highest BCUT2D eigenvalue weighted by molar-refractivity contribution is 6.34. The van der Waals surface area contributed by atoms with E-state index in [2.05, 4.69) is 10.6 Å². The van der Waals surface area contributed by atoms with Gasteiger partial charge in [0.25, 0.3) is 0 Å². The van der Waals surface area contributed by atoms with Gasteiger partial charge >= 0.3 is 0 Å². The lowest BCUT2D eigenvalue weighted by Gasteiger charge is -2.34. The molecule has 20 heavy (non-hydrogen) atoms. The lowest BCUT2D eigenvalue weighted by molar-refractivity contribution is -0.118. The Morgan fingerprint density at radius 2 is 2.20 bits per heavy atom. The van der Waals surface area contributed by atoms with E-state index in [-0.39, 0.29) is 29.7 Å². The fraction of sp³-hybridized carbons (Fsp3) is 0.429. The van der Waals surface area contributed by atoms with Crippen LogP contribution in [0.1, 0.15) is 39.2 Å². The highest BCUT2D eigenvalue weighted by Gasteiger charge is 2.37. The van der Waals surface area contributed by atoms with E-state index >= 15 is 0 Å². The first kappa shape index (κ1) is 14.7. The number of nitrogens with one attached hydrogen (secondary N) is 2.